The second kappa shape index (κ2) is 7.25. The molecule has 0 aliphatic carbocycles. The Morgan fingerprint density at radius 1 is 1.32 bits per heavy atom. The molecule has 0 aromatic heterocycles. The average molecular weight is 344 g/mol. The zero-order valence-corrected chi connectivity index (χ0v) is 14.4. The number of benzene rings is 1. The van der Waals surface area contributed by atoms with Crippen molar-refractivity contribution in [2.24, 2.45) is 11.8 Å². The molecule has 25 heavy (non-hydrogen) atoms. The number of piperidine rings is 1. The van der Waals surface area contributed by atoms with Crippen LogP contribution >= 0.6 is 0 Å². The van der Waals surface area contributed by atoms with Crippen LogP contribution in [0.3, 0.4) is 0 Å². The number of carbonyl (C=O) groups is 3. The fourth-order valence-electron chi connectivity index (χ4n) is 3.76. The van der Waals surface area contributed by atoms with Crippen LogP contribution in [-0.4, -0.2) is 40.4 Å². The smallest absolute Gasteiger partial charge is 0.326 e. The number of aliphatic carboxylic acids is 1. The molecule has 134 valence electrons. The molecule has 2 amide bonds. The minimum Gasteiger partial charge on any atom is -0.480 e. The second-order valence-electron chi connectivity index (χ2n) is 7.16. The van der Waals surface area contributed by atoms with Crippen LogP contribution < -0.4 is 5.32 Å². The van der Waals surface area contributed by atoms with Crippen molar-refractivity contribution in [1.82, 2.24) is 4.90 Å². The third-order valence-electron chi connectivity index (χ3n) is 5.29. The molecule has 2 heterocycles. The van der Waals surface area contributed by atoms with Gasteiger partial charge in [0.2, 0.25) is 11.8 Å². The molecule has 0 radical (unpaired) electrons. The number of carbonyl (C=O) groups excluding carboxylic acids is 2. The predicted molar refractivity (Wildman–Crippen MR) is 93.0 cm³/mol. The van der Waals surface area contributed by atoms with E-state index in [0.717, 1.165) is 17.7 Å². The molecule has 2 aliphatic rings. The van der Waals surface area contributed by atoms with Crippen LogP contribution in [0.25, 0.3) is 0 Å². The van der Waals surface area contributed by atoms with E-state index in [1.54, 1.807) is 0 Å². The summed E-state index contributed by atoms with van der Waals surface area (Å²) in [5.41, 5.74) is 1.92. The van der Waals surface area contributed by atoms with Crippen molar-refractivity contribution in [3.8, 4) is 0 Å². The molecule has 1 fully saturated rings. The number of rotatable bonds is 4. The Balaban J connectivity index is 1.60. The van der Waals surface area contributed by atoms with E-state index >= 15 is 0 Å². The molecule has 0 saturated carbocycles. The maximum atomic E-state index is 12.5. The molecule has 6 nitrogen and oxygen atoms in total. The van der Waals surface area contributed by atoms with E-state index in [0.29, 0.717) is 31.7 Å². The van der Waals surface area contributed by atoms with Gasteiger partial charge >= 0.3 is 5.97 Å². The van der Waals surface area contributed by atoms with E-state index in [9.17, 15) is 19.5 Å². The summed E-state index contributed by atoms with van der Waals surface area (Å²) < 4.78 is 0. The molecular weight excluding hydrogens is 320 g/mol. The summed E-state index contributed by atoms with van der Waals surface area (Å²) in [6, 6.07) is 6.94. The number of anilines is 1. The van der Waals surface area contributed by atoms with E-state index in [2.05, 4.69) is 5.32 Å². The Kier molecular flexibility index (Phi) is 5.06. The molecule has 2 aliphatic heterocycles. The van der Waals surface area contributed by atoms with Gasteiger partial charge in [0.25, 0.3) is 0 Å². The van der Waals surface area contributed by atoms with Crippen molar-refractivity contribution in [3.63, 3.8) is 0 Å². The highest BCUT2D eigenvalue weighted by Crippen LogP contribution is 2.29. The Hall–Kier alpha value is -2.37. The van der Waals surface area contributed by atoms with Crippen LogP contribution in [0.4, 0.5) is 5.69 Å². The molecule has 3 atom stereocenters. The quantitative estimate of drug-likeness (QED) is 0.877. The zero-order valence-electron chi connectivity index (χ0n) is 14.4. The first-order valence-electron chi connectivity index (χ1n) is 8.86. The molecule has 2 N–H and O–H groups in total. The minimum atomic E-state index is -0.941. The van der Waals surface area contributed by atoms with Crippen molar-refractivity contribution in [1.29, 1.82) is 0 Å². The van der Waals surface area contributed by atoms with Gasteiger partial charge in [0.15, 0.2) is 0 Å². The van der Waals surface area contributed by atoms with Gasteiger partial charge in [-0.05, 0) is 43.2 Å². The lowest BCUT2D eigenvalue weighted by molar-refractivity contribution is -0.153. The molecule has 0 spiro atoms. The summed E-state index contributed by atoms with van der Waals surface area (Å²) in [5, 5.41) is 12.3. The molecule has 0 bridgehead atoms. The van der Waals surface area contributed by atoms with E-state index in [1.807, 2.05) is 31.2 Å². The Morgan fingerprint density at radius 2 is 2.08 bits per heavy atom. The Bertz CT molecular complexity index is 688. The first-order valence-corrected chi connectivity index (χ1v) is 8.86. The lowest BCUT2D eigenvalue weighted by Gasteiger charge is -2.36. The van der Waals surface area contributed by atoms with Crippen molar-refractivity contribution < 1.29 is 19.5 Å². The normalized spacial score (nSPS) is 25.9. The lowest BCUT2D eigenvalue weighted by Crippen LogP contribution is -2.49. The first-order chi connectivity index (χ1) is 12.0. The van der Waals surface area contributed by atoms with Crippen LogP contribution in [0.5, 0.6) is 0 Å². The Labute approximate surface area is 147 Å². The van der Waals surface area contributed by atoms with Crippen LogP contribution in [0, 0.1) is 11.8 Å². The number of likely N-dealkylation sites (tertiary alicyclic amines) is 1. The fourth-order valence-corrected chi connectivity index (χ4v) is 3.76. The van der Waals surface area contributed by atoms with Gasteiger partial charge < -0.3 is 15.3 Å². The van der Waals surface area contributed by atoms with Crippen LogP contribution in [0.15, 0.2) is 24.3 Å². The number of nitrogens with zero attached hydrogens (tertiary/aromatic N) is 1. The van der Waals surface area contributed by atoms with Crippen LogP contribution in [0.2, 0.25) is 0 Å². The summed E-state index contributed by atoms with van der Waals surface area (Å²) in [7, 11) is 0. The summed E-state index contributed by atoms with van der Waals surface area (Å²) >= 11 is 0. The molecule has 3 unspecified atom stereocenters. The van der Waals surface area contributed by atoms with Gasteiger partial charge in [-0.15, -0.1) is 0 Å². The molecule has 1 aromatic rings. The van der Waals surface area contributed by atoms with Crippen LogP contribution in [-0.2, 0) is 20.8 Å². The number of amides is 2. The number of carboxylic acid groups (broad SMARTS) is 1. The number of para-hydroxylation sites is 1. The number of hydrogen-bond acceptors (Lipinski definition) is 3. The topological polar surface area (TPSA) is 86.7 Å². The molecule has 6 heteroatoms. The maximum absolute atomic E-state index is 12.5. The number of nitrogens with one attached hydrogen (secondary N) is 1. The van der Waals surface area contributed by atoms with Gasteiger partial charge in [0.1, 0.15) is 6.04 Å². The first kappa shape index (κ1) is 17.5. The third-order valence-corrected chi connectivity index (χ3v) is 5.29. The monoisotopic (exact) mass is 344 g/mol. The van der Waals surface area contributed by atoms with Crippen molar-refractivity contribution >= 4 is 23.5 Å². The predicted octanol–water partition coefficient (Wildman–Crippen LogP) is 2.29. The summed E-state index contributed by atoms with van der Waals surface area (Å²) in [4.78, 5) is 37.7. The highest BCUT2D eigenvalue weighted by Gasteiger charge is 2.35. The fraction of sp³-hybridized carbons (Fsp3) is 0.526. The number of fused-ring (bicyclic) bond motifs is 1. The Morgan fingerprint density at radius 3 is 2.84 bits per heavy atom. The van der Waals surface area contributed by atoms with Crippen molar-refractivity contribution in [2.75, 3.05) is 11.9 Å². The van der Waals surface area contributed by atoms with Gasteiger partial charge in [-0.25, -0.2) is 4.79 Å². The number of hydrogen-bond donors (Lipinski definition) is 2. The third kappa shape index (κ3) is 3.83. The highest BCUT2D eigenvalue weighted by atomic mass is 16.4. The van der Waals surface area contributed by atoms with E-state index in [4.69, 9.17) is 0 Å². The zero-order chi connectivity index (χ0) is 18.0. The second-order valence-corrected chi connectivity index (χ2v) is 7.16. The highest BCUT2D eigenvalue weighted by molar-refractivity contribution is 5.96. The average Bonchev–Trinajstić information content (AvgIpc) is 2.59. The largest absolute Gasteiger partial charge is 0.480 e. The van der Waals surface area contributed by atoms with Gasteiger partial charge in [0.05, 0.1) is 0 Å². The lowest BCUT2D eigenvalue weighted by atomic mass is 9.88. The summed E-state index contributed by atoms with van der Waals surface area (Å²) in [6.45, 7) is 2.50. The molecule has 1 aromatic carbocycles. The molecule has 1 saturated heterocycles. The van der Waals surface area contributed by atoms with E-state index in [-0.39, 0.29) is 24.2 Å². The van der Waals surface area contributed by atoms with Crippen molar-refractivity contribution in [2.45, 2.75) is 45.1 Å². The maximum Gasteiger partial charge on any atom is 0.326 e. The van der Waals surface area contributed by atoms with E-state index in [1.165, 1.54) is 4.90 Å². The standard InChI is InChI=1S/C19H24N2O4/c1-12-8-9-21(16(10-12)19(24)25)17(22)7-6-14-11-13-4-2-3-5-15(13)20-18(14)23/h2-5,12,14,16H,6-11H2,1H3,(H,20,23)(H,24,25). The van der Waals surface area contributed by atoms with Gasteiger partial charge in [0, 0.05) is 24.6 Å². The van der Waals surface area contributed by atoms with E-state index < -0.39 is 12.0 Å². The van der Waals surface area contributed by atoms with Gasteiger partial charge in [-0.1, -0.05) is 25.1 Å². The van der Waals surface area contributed by atoms with Crippen LogP contribution in [0.1, 0.15) is 38.2 Å². The summed E-state index contributed by atoms with van der Waals surface area (Å²) in [6.07, 6.45) is 2.59. The molecule has 3 rings (SSSR count). The number of carboxylic acids is 1. The van der Waals surface area contributed by atoms with Gasteiger partial charge in [-0.2, -0.15) is 0 Å². The minimum absolute atomic E-state index is 0.0615. The molecular formula is C19H24N2O4. The summed E-state index contributed by atoms with van der Waals surface area (Å²) in [5.74, 6) is -1.10. The SMILES string of the molecule is CC1CCN(C(=O)CCC2Cc3ccccc3NC2=O)C(C(=O)O)C1. The van der Waals surface area contributed by atoms with Crippen molar-refractivity contribution in [3.05, 3.63) is 29.8 Å². The van der Waals surface area contributed by atoms with Gasteiger partial charge in [-0.3, -0.25) is 9.59 Å².